The number of hydrogen-bond acceptors (Lipinski definition) is 5. The van der Waals surface area contributed by atoms with Crippen LogP contribution in [0, 0.1) is 0 Å². The maximum Gasteiger partial charge on any atom is 0.233 e. The van der Waals surface area contributed by atoms with Crippen LogP contribution in [0.1, 0.15) is 44.3 Å². The van der Waals surface area contributed by atoms with Crippen LogP contribution in [0.5, 0.6) is 0 Å². The molecule has 6 nitrogen and oxygen atoms in total. The monoisotopic (exact) mass is 310 g/mol. The Kier molecular flexibility index (Phi) is 4.49. The smallest absolute Gasteiger partial charge is 0.233 e. The lowest BCUT2D eigenvalue weighted by molar-refractivity contribution is -0.120. The summed E-state index contributed by atoms with van der Waals surface area (Å²) in [6.45, 7) is 3.32. The molecule has 0 radical (unpaired) electrons. The Morgan fingerprint density at radius 3 is 2.95 bits per heavy atom. The Balaban J connectivity index is 1.50. The third kappa shape index (κ3) is 3.58. The second kappa shape index (κ2) is 6.36. The van der Waals surface area contributed by atoms with Gasteiger partial charge in [-0.3, -0.25) is 4.79 Å². The Morgan fingerprint density at radius 1 is 1.48 bits per heavy atom. The van der Waals surface area contributed by atoms with E-state index in [2.05, 4.69) is 15.5 Å². The summed E-state index contributed by atoms with van der Waals surface area (Å²) in [5, 5.41) is 12.0. The van der Waals surface area contributed by atoms with Gasteiger partial charge in [0.25, 0.3) is 0 Å². The quantitative estimate of drug-likeness (QED) is 0.806. The lowest BCUT2D eigenvalue weighted by Gasteiger charge is -2.14. The van der Waals surface area contributed by atoms with Crippen molar-refractivity contribution >= 4 is 17.7 Å². The van der Waals surface area contributed by atoms with Gasteiger partial charge >= 0.3 is 0 Å². The fraction of sp³-hybridized carbons (Fsp3) is 0.786. The van der Waals surface area contributed by atoms with Gasteiger partial charge in [0.05, 0.1) is 11.4 Å². The molecule has 1 N–H and O–H groups in total. The molecule has 3 rings (SSSR count). The summed E-state index contributed by atoms with van der Waals surface area (Å²) in [5.74, 6) is 1.65. The number of amides is 1. The van der Waals surface area contributed by atoms with Crippen molar-refractivity contribution in [2.24, 2.45) is 7.05 Å². The van der Waals surface area contributed by atoms with E-state index in [1.165, 1.54) is 24.6 Å². The molecule has 2 aliphatic rings. The van der Waals surface area contributed by atoms with E-state index in [1.54, 1.807) is 0 Å². The van der Waals surface area contributed by atoms with Gasteiger partial charge in [0, 0.05) is 26.1 Å². The minimum absolute atomic E-state index is 0.0338. The van der Waals surface area contributed by atoms with Crippen molar-refractivity contribution in [3.63, 3.8) is 0 Å². The fourth-order valence-corrected chi connectivity index (χ4v) is 3.35. The summed E-state index contributed by atoms with van der Waals surface area (Å²) in [4.78, 5) is 12.1. The van der Waals surface area contributed by atoms with Crippen LogP contribution < -0.4 is 5.32 Å². The van der Waals surface area contributed by atoms with Crippen LogP contribution in [0.3, 0.4) is 0 Å². The predicted octanol–water partition coefficient (Wildman–Crippen LogP) is 1.47. The average molecular weight is 310 g/mol. The van der Waals surface area contributed by atoms with E-state index < -0.39 is 0 Å². The second-order valence-electron chi connectivity index (χ2n) is 5.81. The molecule has 0 bridgehead atoms. The van der Waals surface area contributed by atoms with E-state index in [0.717, 1.165) is 30.4 Å². The molecule has 0 unspecified atom stereocenters. The summed E-state index contributed by atoms with van der Waals surface area (Å²) in [7, 11) is 1.98. The molecule has 2 atom stereocenters. The SMILES string of the molecule is C[C@@H](Sc1nnc(C2CC2)n1C)C(=O)NC[C@@H]1CCCO1. The first kappa shape index (κ1) is 14.8. The first-order chi connectivity index (χ1) is 10.1. The molecule has 0 spiro atoms. The van der Waals surface area contributed by atoms with E-state index in [-0.39, 0.29) is 17.3 Å². The van der Waals surface area contributed by atoms with Crippen molar-refractivity contribution in [1.29, 1.82) is 0 Å². The van der Waals surface area contributed by atoms with Crippen LogP contribution in [0.25, 0.3) is 0 Å². The molecule has 2 fully saturated rings. The van der Waals surface area contributed by atoms with E-state index in [1.807, 2.05) is 18.5 Å². The number of nitrogens with zero attached hydrogens (tertiary/aromatic N) is 3. The second-order valence-corrected chi connectivity index (χ2v) is 7.12. The van der Waals surface area contributed by atoms with Crippen molar-refractivity contribution < 1.29 is 9.53 Å². The van der Waals surface area contributed by atoms with Gasteiger partial charge in [-0.2, -0.15) is 0 Å². The molecule has 1 amide bonds. The van der Waals surface area contributed by atoms with Crippen molar-refractivity contribution in [2.75, 3.05) is 13.2 Å². The number of hydrogen-bond donors (Lipinski definition) is 1. The van der Waals surface area contributed by atoms with Crippen LogP contribution in [0.2, 0.25) is 0 Å². The number of carbonyl (C=O) groups is 1. The number of carbonyl (C=O) groups excluding carboxylic acids is 1. The molecule has 0 aromatic carbocycles. The summed E-state index contributed by atoms with van der Waals surface area (Å²) >= 11 is 1.46. The average Bonchev–Trinajstić information content (AvgIpc) is 3.06. The first-order valence-corrected chi connectivity index (χ1v) is 8.48. The molecule has 1 saturated carbocycles. The Bertz CT molecular complexity index is 509. The third-order valence-electron chi connectivity index (χ3n) is 3.99. The van der Waals surface area contributed by atoms with Gasteiger partial charge in [0.15, 0.2) is 5.16 Å². The zero-order chi connectivity index (χ0) is 14.8. The van der Waals surface area contributed by atoms with Crippen molar-refractivity contribution in [3.8, 4) is 0 Å². The molecule has 1 aliphatic heterocycles. The molecule has 2 heterocycles. The largest absolute Gasteiger partial charge is 0.376 e. The highest BCUT2D eigenvalue weighted by molar-refractivity contribution is 8.00. The standard InChI is InChI=1S/C14H22N4O2S/c1-9(13(19)15-8-11-4-3-7-20-11)21-14-17-16-12(18(14)2)10-5-6-10/h9-11H,3-8H2,1-2H3,(H,15,19)/t9-,11+/m1/s1. The van der Waals surface area contributed by atoms with Gasteiger partial charge in [-0.25, -0.2) is 0 Å². The number of thioether (sulfide) groups is 1. The minimum Gasteiger partial charge on any atom is -0.376 e. The van der Waals surface area contributed by atoms with Gasteiger partial charge in [-0.15, -0.1) is 10.2 Å². The van der Waals surface area contributed by atoms with Crippen LogP contribution >= 0.6 is 11.8 Å². The third-order valence-corrected chi connectivity index (χ3v) is 5.12. The highest BCUT2D eigenvalue weighted by Gasteiger charge is 2.30. The highest BCUT2D eigenvalue weighted by Crippen LogP contribution is 2.39. The van der Waals surface area contributed by atoms with Gasteiger partial charge in [-0.05, 0) is 32.6 Å². The molecule has 1 saturated heterocycles. The molecular formula is C14H22N4O2S. The van der Waals surface area contributed by atoms with Crippen molar-refractivity contribution in [3.05, 3.63) is 5.82 Å². The van der Waals surface area contributed by atoms with Gasteiger partial charge in [0.2, 0.25) is 5.91 Å². The Labute approximate surface area is 129 Å². The van der Waals surface area contributed by atoms with E-state index in [9.17, 15) is 4.79 Å². The molecule has 116 valence electrons. The zero-order valence-corrected chi connectivity index (χ0v) is 13.4. The normalized spacial score (nSPS) is 23.2. The predicted molar refractivity (Wildman–Crippen MR) is 80.3 cm³/mol. The molecule has 1 aromatic rings. The lowest BCUT2D eigenvalue weighted by atomic mass is 10.2. The summed E-state index contributed by atoms with van der Waals surface area (Å²) < 4.78 is 7.53. The van der Waals surface area contributed by atoms with Crippen LogP contribution in [0.4, 0.5) is 0 Å². The van der Waals surface area contributed by atoms with Crippen molar-refractivity contribution in [1.82, 2.24) is 20.1 Å². The van der Waals surface area contributed by atoms with E-state index in [4.69, 9.17) is 4.74 Å². The van der Waals surface area contributed by atoms with Gasteiger partial charge < -0.3 is 14.6 Å². The lowest BCUT2D eigenvalue weighted by Crippen LogP contribution is -2.36. The van der Waals surface area contributed by atoms with Crippen LogP contribution in [0.15, 0.2) is 5.16 Å². The topological polar surface area (TPSA) is 69.0 Å². The number of nitrogens with one attached hydrogen (secondary N) is 1. The van der Waals surface area contributed by atoms with Crippen LogP contribution in [-0.2, 0) is 16.6 Å². The summed E-state index contributed by atoms with van der Waals surface area (Å²) in [6.07, 6.45) is 4.72. The fourth-order valence-electron chi connectivity index (χ4n) is 2.50. The summed E-state index contributed by atoms with van der Waals surface area (Å²) in [6, 6.07) is 0. The summed E-state index contributed by atoms with van der Waals surface area (Å²) in [5.41, 5.74) is 0. The number of rotatable bonds is 6. The maximum absolute atomic E-state index is 12.1. The number of aromatic nitrogens is 3. The van der Waals surface area contributed by atoms with Crippen LogP contribution in [-0.4, -0.2) is 45.2 Å². The van der Waals surface area contributed by atoms with E-state index >= 15 is 0 Å². The highest BCUT2D eigenvalue weighted by atomic mass is 32.2. The van der Waals surface area contributed by atoms with Gasteiger partial charge in [-0.1, -0.05) is 11.8 Å². The molecular weight excluding hydrogens is 288 g/mol. The Hall–Kier alpha value is -1.08. The number of ether oxygens (including phenoxy) is 1. The molecule has 1 aliphatic carbocycles. The van der Waals surface area contributed by atoms with Gasteiger partial charge in [0.1, 0.15) is 5.82 Å². The maximum atomic E-state index is 12.1. The molecule has 21 heavy (non-hydrogen) atoms. The minimum atomic E-state index is -0.179. The molecule has 7 heteroatoms. The Morgan fingerprint density at radius 2 is 2.29 bits per heavy atom. The molecule has 1 aromatic heterocycles. The zero-order valence-electron chi connectivity index (χ0n) is 12.5. The van der Waals surface area contributed by atoms with E-state index in [0.29, 0.717) is 12.5 Å². The first-order valence-electron chi connectivity index (χ1n) is 7.60. The van der Waals surface area contributed by atoms with Crippen molar-refractivity contribution in [2.45, 2.75) is 55.0 Å².